The fourth-order valence-corrected chi connectivity index (χ4v) is 1.42. The summed E-state index contributed by atoms with van der Waals surface area (Å²) in [5.74, 6) is -0.163. The molecule has 0 spiro atoms. The third-order valence-corrected chi connectivity index (χ3v) is 2.54. The number of aromatic nitrogens is 1. The second kappa shape index (κ2) is 6.08. The molecule has 1 aromatic rings. The fraction of sp³-hybridized carbons (Fsp3) is 0.500. The molecule has 1 rings (SSSR count). The highest BCUT2D eigenvalue weighted by Gasteiger charge is 2.05. The minimum atomic E-state index is -0.206. The van der Waals surface area contributed by atoms with Crippen molar-refractivity contribution in [3.63, 3.8) is 0 Å². The lowest BCUT2D eigenvalue weighted by molar-refractivity contribution is -0.121. The molecule has 94 valence electrons. The molecule has 17 heavy (non-hydrogen) atoms. The van der Waals surface area contributed by atoms with Gasteiger partial charge in [0, 0.05) is 18.8 Å². The van der Waals surface area contributed by atoms with Gasteiger partial charge in [-0.3, -0.25) is 9.59 Å². The molecular weight excluding hydrogens is 218 g/mol. The van der Waals surface area contributed by atoms with Crippen LogP contribution in [0.5, 0.6) is 0 Å². The second-order valence-corrected chi connectivity index (χ2v) is 4.08. The van der Waals surface area contributed by atoms with E-state index < -0.39 is 0 Å². The van der Waals surface area contributed by atoms with Gasteiger partial charge in [0.15, 0.2) is 0 Å². The molecule has 1 heterocycles. The lowest BCUT2D eigenvalue weighted by Crippen LogP contribution is -2.32. The molecule has 0 radical (unpaired) electrons. The van der Waals surface area contributed by atoms with Crippen LogP contribution in [0.15, 0.2) is 17.1 Å². The molecular formula is C12H19N3O2. The number of hydrogen-bond acceptors (Lipinski definition) is 3. The summed E-state index contributed by atoms with van der Waals surface area (Å²) in [6, 6.07) is 1.44. The summed E-state index contributed by atoms with van der Waals surface area (Å²) < 4.78 is 1.32. The number of unbranched alkanes of at least 4 members (excludes halogenated alkanes) is 1. The highest BCUT2D eigenvalue weighted by molar-refractivity contribution is 5.75. The van der Waals surface area contributed by atoms with Crippen molar-refractivity contribution in [2.75, 3.05) is 12.3 Å². The third kappa shape index (κ3) is 3.94. The number of nitrogens with zero attached hydrogens (tertiary/aromatic N) is 1. The Kier molecular flexibility index (Phi) is 4.75. The Balaban J connectivity index is 2.65. The zero-order valence-corrected chi connectivity index (χ0v) is 10.3. The first-order valence-electron chi connectivity index (χ1n) is 5.78. The van der Waals surface area contributed by atoms with Crippen LogP contribution in [0, 0.1) is 6.92 Å². The van der Waals surface area contributed by atoms with Gasteiger partial charge in [0.2, 0.25) is 5.91 Å². The van der Waals surface area contributed by atoms with Gasteiger partial charge in [-0.2, -0.15) is 0 Å². The average molecular weight is 237 g/mol. The Hall–Kier alpha value is -1.78. The van der Waals surface area contributed by atoms with Gasteiger partial charge in [0.05, 0.1) is 5.69 Å². The van der Waals surface area contributed by atoms with Crippen LogP contribution in [0.2, 0.25) is 0 Å². The van der Waals surface area contributed by atoms with Gasteiger partial charge in [-0.1, -0.05) is 13.3 Å². The second-order valence-electron chi connectivity index (χ2n) is 4.08. The zero-order chi connectivity index (χ0) is 12.8. The predicted molar refractivity (Wildman–Crippen MR) is 67.8 cm³/mol. The quantitative estimate of drug-likeness (QED) is 0.738. The molecule has 0 saturated heterocycles. The van der Waals surface area contributed by atoms with Crippen LogP contribution < -0.4 is 16.6 Å². The molecule has 1 amide bonds. The summed E-state index contributed by atoms with van der Waals surface area (Å²) >= 11 is 0. The van der Waals surface area contributed by atoms with Gasteiger partial charge in [-0.15, -0.1) is 0 Å². The number of carbonyl (C=O) groups excluding carboxylic acids is 1. The topological polar surface area (TPSA) is 77.1 Å². The van der Waals surface area contributed by atoms with E-state index >= 15 is 0 Å². The highest BCUT2D eigenvalue weighted by Crippen LogP contribution is 2.04. The average Bonchev–Trinajstić information content (AvgIpc) is 2.26. The maximum Gasteiger partial charge on any atom is 0.251 e. The van der Waals surface area contributed by atoms with Crippen LogP contribution in [0.4, 0.5) is 5.69 Å². The van der Waals surface area contributed by atoms with Crippen molar-refractivity contribution in [3.05, 3.63) is 28.2 Å². The number of nitrogen functional groups attached to an aromatic ring is 1. The molecule has 3 N–H and O–H groups in total. The Bertz CT molecular complexity index is 452. The largest absolute Gasteiger partial charge is 0.397 e. The lowest BCUT2D eigenvalue weighted by Gasteiger charge is -2.08. The van der Waals surface area contributed by atoms with E-state index in [0.717, 1.165) is 18.4 Å². The molecule has 0 aliphatic rings. The predicted octanol–water partition coefficient (Wildman–Crippen LogP) is 0.655. The van der Waals surface area contributed by atoms with E-state index in [9.17, 15) is 9.59 Å². The number of aryl methyl sites for hydroxylation is 1. The molecule has 0 bridgehead atoms. The summed E-state index contributed by atoms with van der Waals surface area (Å²) in [4.78, 5) is 23.1. The Morgan fingerprint density at radius 1 is 1.53 bits per heavy atom. The minimum Gasteiger partial charge on any atom is -0.397 e. The summed E-state index contributed by atoms with van der Waals surface area (Å²) in [5.41, 5.74) is 6.74. The van der Waals surface area contributed by atoms with Crippen LogP contribution in [0.1, 0.15) is 25.3 Å². The first-order chi connectivity index (χ1) is 8.04. The molecule has 0 unspecified atom stereocenters. The van der Waals surface area contributed by atoms with E-state index in [-0.39, 0.29) is 18.0 Å². The molecule has 0 aromatic carbocycles. The maximum absolute atomic E-state index is 11.6. The van der Waals surface area contributed by atoms with Crippen molar-refractivity contribution < 1.29 is 4.79 Å². The minimum absolute atomic E-state index is 0.0209. The van der Waals surface area contributed by atoms with Gasteiger partial charge in [-0.05, 0) is 18.9 Å². The monoisotopic (exact) mass is 237 g/mol. The number of pyridine rings is 1. The first kappa shape index (κ1) is 13.3. The van der Waals surface area contributed by atoms with Crippen molar-refractivity contribution in [1.29, 1.82) is 0 Å². The van der Waals surface area contributed by atoms with Gasteiger partial charge in [0.25, 0.3) is 5.56 Å². The third-order valence-electron chi connectivity index (χ3n) is 2.54. The Morgan fingerprint density at radius 2 is 2.24 bits per heavy atom. The normalized spacial score (nSPS) is 10.2. The molecule has 0 saturated carbocycles. The molecule has 0 atom stereocenters. The van der Waals surface area contributed by atoms with Gasteiger partial charge < -0.3 is 15.6 Å². The molecule has 5 heteroatoms. The van der Waals surface area contributed by atoms with Crippen molar-refractivity contribution >= 4 is 11.6 Å². The van der Waals surface area contributed by atoms with Crippen LogP contribution in [0.3, 0.4) is 0 Å². The Labute approximate surface area is 101 Å². The molecule has 0 fully saturated rings. The number of hydrogen-bond donors (Lipinski definition) is 2. The van der Waals surface area contributed by atoms with Gasteiger partial charge >= 0.3 is 0 Å². The van der Waals surface area contributed by atoms with Gasteiger partial charge in [0.1, 0.15) is 6.54 Å². The SMILES string of the molecule is CCCCNC(=O)Cn1cc(N)c(C)cc1=O. The van der Waals surface area contributed by atoms with E-state index in [1.54, 1.807) is 6.92 Å². The van der Waals surface area contributed by atoms with E-state index in [4.69, 9.17) is 5.73 Å². The van der Waals surface area contributed by atoms with E-state index in [0.29, 0.717) is 12.2 Å². The number of anilines is 1. The number of nitrogens with two attached hydrogens (primary N) is 1. The molecule has 0 aliphatic heterocycles. The molecule has 5 nitrogen and oxygen atoms in total. The summed E-state index contributed by atoms with van der Waals surface area (Å²) in [6.07, 6.45) is 3.48. The van der Waals surface area contributed by atoms with Crippen LogP contribution >= 0.6 is 0 Å². The van der Waals surface area contributed by atoms with E-state index in [1.807, 2.05) is 0 Å². The smallest absolute Gasteiger partial charge is 0.251 e. The summed E-state index contributed by atoms with van der Waals surface area (Å²) in [5, 5.41) is 2.75. The number of rotatable bonds is 5. The fourth-order valence-electron chi connectivity index (χ4n) is 1.42. The number of nitrogens with one attached hydrogen (secondary N) is 1. The van der Waals surface area contributed by atoms with Crippen LogP contribution in [-0.4, -0.2) is 17.0 Å². The lowest BCUT2D eigenvalue weighted by atomic mass is 10.2. The van der Waals surface area contributed by atoms with Crippen molar-refractivity contribution in [1.82, 2.24) is 9.88 Å². The summed E-state index contributed by atoms with van der Waals surface area (Å²) in [6.45, 7) is 4.48. The zero-order valence-electron chi connectivity index (χ0n) is 10.3. The first-order valence-corrected chi connectivity index (χ1v) is 5.78. The van der Waals surface area contributed by atoms with Crippen molar-refractivity contribution in [3.8, 4) is 0 Å². The Morgan fingerprint density at radius 3 is 2.88 bits per heavy atom. The van der Waals surface area contributed by atoms with Gasteiger partial charge in [-0.25, -0.2) is 0 Å². The van der Waals surface area contributed by atoms with Crippen LogP contribution in [-0.2, 0) is 11.3 Å². The molecule has 0 aliphatic carbocycles. The highest BCUT2D eigenvalue weighted by atomic mass is 16.2. The standard InChI is InChI=1S/C12H19N3O2/c1-3-4-5-14-11(16)8-15-7-10(13)9(2)6-12(15)17/h6-7H,3-5,8,13H2,1-2H3,(H,14,16). The van der Waals surface area contributed by atoms with Crippen LogP contribution in [0.25, 0.3) is 0 Å². The summed E-state index contributed by atoms with van der Waals surface area (Å²) in [7, 11) is 0. The number of amides is 1. The van der Waals surface area contributed by atoms with E-state index in [1.165, 1.54) is 16.8 Å². The van der Waals surface area contributed by atoms with E-state index in [2.05, 4.69) is 12.2 Å². The van der Waals surface area contributed by atoms with Crippen molar-refractivity contribution in [2.45, 2.75) is 33.2 Å². The maximum atomic E-state index is 11.6. The van der Waals surface area contributed by atoms with Crippen molar-refractivity contribution in [2.24, 2.45) is 0 Å². The number of carbonyl (C=O) groups is 1. The molecule has 1 aromatic heterocycles.